The summed E-state index contributed by atoms with van der Waals surface area (Å²) in [4.78, 5) is 14.9. The van der Waals surface area contributed by atoms with E-state index in [0.717, 1.165) is 5.56 Å². The first-order valence-corrected chi connectivity index (χ1v) is 8.77. The number of hydrogen-bond donors (Lipinski definition) is 0. The molecule has 120 valence electrons. The van der Waals surface area contributed by atoms with E-state index in [0.29, 0.717) is 18.7 Å². The lowest BCUT2D eigenvalue weighted by Crippen LogP contribution is -2.46. The van der Waals surface area contributed by atoms with Crippen LogP contribution in [0.1, 0.15) is 56.9 Å². The van der Waals surface area contributed by atoms with Crippen LogP contribution in [0.2, 0.25) is 0 Å². The Morgan fingerprint density at radius 2 is 1.50 bits per heavy atom. The van der Waals surface area contributed by atoms with Crippen LogP contribution in [0.15, 0.2) is 30.3 Å². The Morgan fingerprint density at radius 1 is 0.955 bits per heavy atom. The van der Waals surface area contributed by atoms with Gasteiger partial charge in [-0.3, -0.25) is 4.79 Å². The summed E-state index contributed by atoms with van der Waals surface area (Å²) in [6.45, 7) is 0.748. The second-order valence-electron chi connectivity index (χ2n) is 6.66. The van der Waals surface area contributed by atoms with Crippen LogP contribution < -0.4 is 0 Å². The summed E-state index contributed by atoms with van der Waals surface area (Å²) in [5, 5.41) is 0. The molecule has 3 heteroatoms. The van der Waals surface area contributed by atoms with Crippen molar-refractivity contribution in [2.75, 3.05) is 6.61 Å². The van der Waals surface area contributed by atoms with Gasteiger partial charge in [0.1, 0.15) is 6.61 Å². The molecule has 2 fully saturated rings. The Kier molecular flexibility index (Phi) is 5.49. The van der Waals surface area contributed by atoms with E-state index in [-0.39, 0.29) is 12.5 Å². The fraction of sp³-hybridized carbons (Fsp3) is 0.632. The van der Waals surface area contributed by atoms with Gasteiger partial charge in [-0.1, -0.05) is 56.0 Å². The third-order valence-corrected chi connectivity index (χ3v) is 5.06. The number of rotatable bonds is 6. The quantitative estimate of drug-likeness (QED) is 0.797. The molecule has 1 aromatic carbocycles. The third-order valence-electron chi connectivity index (χ3n) is 5.06. The predicted octanol–water partition coefficient (Wildman–Crippen LogP) is 3.92. The minimum absolute atomic E-state index is 0.203. The highest BCUT2D eigenvalue weighted by atomic mass is 16.5. The zero-order chi connectivity index (χ0) is 15.2. The molecular weight excluding hydrogens is 274 g/mol. The highest BCUT2D eigenvalue weighted by Crippen LogP contribution is 2.31. The van der Waals surface area contributed by atoms with Gasteiger partial charge in [0, 0.05) is 12.1 Å². The van der Waals surface area contributed by atoms with Crippen molar-refractivity contribution in [1.82, 2.24) is 4.90 Å². The van der Waals surface area contributed by atoms with Gasteiger partial charge in [-0.05, 0) is 31.2 Å². The van der Waals surface area contributed by atoms with E-state index >= 15 is 0 Å². The number of benzene rings is 1. The molecule has 0 aromatic heterocycles. The van der Waals surface area contributed by atoms with Crippen molar-refractivity contribution in [1.29, 1.82) is 0 Å². The van der Waals surface area contributed by atoms with Gasteiger partial charge >= 0.3 is 0 Å². The molecular formula is C19H27NO2. The molecule has 0 saturated heterocycles. The van der Waals surface area contributed by atoms with E-state index in [1.54, 1.807) is 0 Å². The van der Waals surface area contributed by atoms with Crippen molar-refractivity contribution < 1.29 is 9.53 Å². The monoisotopic (exact) mass is 301 g/mol. The molecule has 3 rings (SSSR count). The first kappa shape index (κ1) is 15.5. The molecule has 0 bridgehead atoms. The molecule has 2 aliphatic carbocycles. The van der Waals surface area contributed by atoms with E-state index in [4.69, 9.17) is 4.74 Å². The molecule has 1 aromatic rings. The number of ether oxygens (including phenoxy) is 1. The summed E-state index contributed by atoms with van der Waals surface area (Å²) in [5.41, 5.74) is 1.13. The van der Waals surface area contributed by atoms with Crippen LogP contribution in [0.5, 0.6) is 0 Å². The van der Waals surface area contributed by atoms with Crippen molar-refractivity contribution in [3.8, 4) is 0 Å². The van der Waals surface area contributed by atoms with Crippen LogP contribution >= 0.6 is 0 Å². The molecule has 0 heterocycles. The molecule has 1 amide bonds. The largest absolute Gasteiger partial charge is 0.367 e. The standard InChI is InChI=1S/C19H27NO2/c21-19(15-22-14-16-8-2-1-3-9-16)20(17-10-4-5-11-17)18-12-6-7-13-18/h1-3,8-9,17-18H,4-7,10-15H2. The number of carbonyl (C=O) groups excluding carboxylic acids is 1. The Hall–Kier alpha value is -1.35. The first-order valence-electron chi connectivity index (χ1n) is 8.77. The summed E-state index contributed by atoms with van der Waals surface area (Å²) in [7, 11) is 0. The first-order chi connectivity index (χ1) is 10.8. The number of nitrogens with zero attached hydrogens (tertiary/aromatic N) is 1. The molecule has 0 spiro atoms. The van der Waals surface area contributed by atoms with Crippen LogP contribution in [0.3, 0.4) is 0 Å². The van der Waals surface area contributed by atoms with E-state index in [2.05, 4.69) is 4.90 Å². The lowest BCUT2D eigenvalue weighted by atomic mass is 10.1. The lowest BCUT2D eigenvalue weighted by molar-refractivity contribution is -0.141. The van der Waals surface area contributed by atoms with Crippen LogP contribution in [0.4, 0.5) is 0 Å². The maximum absolute atomic E-state index is 12.7. The van der Waals surface area contributed by atoms with Crippen molar-refractivity contribution in [2.45, 2.75) is 70.1 Å². The minimum Gasteiger partial charge on any atom is -0.367 e. The molecule has 0 aliphatic heterocycles. The zero-order valence-corrected chi connectivity index (χ0v) is 13.4. The molecule has 3 nitrogen and oxygen atoms in total. The number of hydrogen-bond acceptors (Lipinski definition) is 2. The summed E-state index contributed by atoms with van der Waals surface area (Å²) in [5.74, 6) is 0.203. The highest BCUT2D eigenvalue weighted by Gasteiger charge is 2.33. The van der Waals surface area contributed by atoms with Gasteiger partial charge < -0.3 is 9.64 Å². The van der Waals surface area contributed by atoms with Gasteiger partial charge in [0.05, 0.1) is 6.61 Å². The van der Waals surface area contributed by atoms with E-state index in [9.17, 15) is 4.79 Å². The summed E-state index contributed by atoms with van der Waals surface area (Å²) in [6, 6.07) is 11.0. The van der Waals surface area contributed by atoms with Crippen LogP contribution in [0.25, 0.3) is 0 Å². The van der Waals surface area contributed by atoms with Crippen LogP contribution in [-0.2, 0) is 16.1 Å². The average molecular weight is 301 g/mol. The Balaban J connectivity index is 1.54. The van der Waals surface area contributed by atoms with E-state index in [1.165, 1.54) is 51.4 Å². The topological polar surface area (TPSA) is 29.5 Å². The zero-order valence-electron chi connectivity index (χ0n) is 13.4. The fourth-order valence-electron chi connectivity index (χ4n) is 3.98. The van der Waals surface area contributed by atoms with E-state index < -0.39 is 0 Å². The van der Waals surface area contributed by atoms with Gasteiger partial charge in [-0.25, -0.2) is 0 Å². The second kappa shape index (κ2) is 7.77. The smallest absolute Gasteiger partial charge is 0.249 e. The van der Waals surface area contributed by atoms with Crippen LogP contribution in [0, 0.1) is 0 Å². The molecule has 2 aliphatic rings. The number of carbonyl (C=O) groups is 1. The highest BCUT2D eigenvalue weighted by molar-refractivity contribution is 5.78. The molecule has 22 heavy (non-hydrogen) atoms. The lowest BCUT2D eigenvalue weighted by Gasteiger charge is -2.34. The molecule has 0 N–H and O–H groups in total. The van der Waals surface area contributed by atoms with Crippen LogP contribution in [-0.4, -0.2) is 29.5 Å². The van der Waals surface area contributed by atoms with Gasteiger partial charge in [-0.2, -0.15) is 0 Å². The fourth-order valence-corrected chi connectivity index (χ4v) is 3.98. The van der Waals surface area contributed by atoms with Crippen molar-refractivity contribution >= 4 is 5.91 Å². The van der Waals surface area contributed by atoms with Crippen molar-refractivity contribution in [3.05, 3.63) is 35.9 Å². The van der Waals surface area contributed by atoms with Crippen molar-refractivity contribution in [3.63, 3.8) is 0 Å². The van der Waals surface area contributed by atoms with Gasteiger partial charge in [0.15, 0.2) is 0 Å². The summed E-state index contributed by atoms with van der Waals surface area (Å²) >= 11 is 0. The Labute approximate surface area is 133 Å². The van der Waals surface area contributed by atoms with Gasteiger partial charge in [0.25, 0.3) is 0 Å². The van der Waals surface area contributed by atoms with Gasteiger partial charge in [0.2, 0.25) is 5.91 Å². The van der Waals surface area contributed by atoms with E-state index in [1.807, 2.05) is 30.3 Å². The molecule has 0 atom stereocenters. The average Bonchev–Trinajstić information content (AvgIpc) is 3.23. The van der Waals surface area contributed by atoms with Gasteiger partial charge in [-0.15, -0.1) is 0 Å². The Morgan fingerprint density at radius 3 is 2.05 bits per heavy atom. The summed E-state index contributed by atoms with van der Waals surface area (Å²) in [6.07, 6.45) is 9.81. The minimum atomic E-state index is 0.203. The maximum atomic E-state index is 12.7. The third kappa shape index (κ3) is 3.89. The predicted molar refractivity (Wildman–Crippen MR) is 87.5 cm³/mol. The normalized spacial score (nSPS) is 19.6. The molecule has 0 unspecified atom stereocenters. The molecule has 0 radical (unpaired) electrons. The number of amides is 1. The van der Waals surface area contributed by atoms with Crippen molar-refractivity contribution in [2.24, 2.45) is 0 Å². The maximum Gasteiger partial charge on any atom is 0.249 e. The Bertz CT molecular complexity index is 446. The summed E-state index contributed by atoms with van der Waals surface area (Å²) < 4.78 is 5.69. The second-order valence-corrected chi connectivity index (χ2v) is 6.66. The molecule has 2 saturated carbocycles. The SMILES string of the molecule is O=C(COCc1ccccc1)N(C1CCCC1)C1CCCC1.